The van der Waals surface area contributed by atoms with Crippen LogP contribution in [0.25, 0.3) is 0 Å². The summed E-state index contributed by atoms with van der Waals surface area (Å²) >= 11 is 0. The number of aliphatic hydroxyl groups is 2. The predicted octanol–water partition coefficient (Wildman–Crippen LogP) is 1.92. The Bertz CT molecular complexity index is 726. The molecule has 2 N–H and O–H groups in total. The normalized spacial score (nSPS) is 46.4. The maximum atomic E-state index is 13.2. The van der Waals surface area contributed by atoms with Crippen LogP contribution in [0.3, 0.4) is 0 Å². The minimum atomic E-state index is -1.03. The van der Waals surface area contributed by atoms with Gasteiger partial charge in [-0.05, 0) is 61.7 Å². The van der Waals surface area contributed by atoms with Gasteiger partial charge in [-0.3, -0.25) is 9.59 Å². The number of carbonyl (C=O) groups excluding carboxylic acids is 3. The molecule has 4 rings (SSSR count). The van der Waals surface area contributed by atoms with E-state index >= 15 is 0 Å². The van der Waals surface area contributed by atoms with Gasteiger partial charge in [0.15, 0.2) is 5.78 Å². The quantitative estimate of drug-likeness (QED) is 0.564. The number of aliphatic hydroxyl groups excluding tert-OH is 2. The molecule has 3 fully saturated rings. The molecule has 0 spiro atoms. The summed E-state index contributed by atoms with van der Waals surface area (Å²) in [5, 5.41) is 20.9. The van der Waals surface area contributed by atoms with Crippen molar-refractivity contribution in [2.75, 3.05) is 0 Å². The van der Waals surface area contributed by atoms with Crippen LogP contribution >= 0.6 is 0 Å². The van der Waals surface area contributed by atoms with E-state index in [0.717, 1.165) is 32.0 Å². The molecule has 0 radical (unpaired) electrons. The molecule has 7 atom stereocenters. The summed E-state index contributed by atoms with van der Waals surface area (Å²) in [6.07, 6.45) is 3.68. The number of ether oxygens (including phenoxy) is 1. The highest BCUT2D eigenvalue weighted by Gasteiger charge is 2.63. The Kier molecular flexibility index (Phi) is 4.35. The van der Waals surface area contributed by atoms with Gasteiger partial charge in [-0.25, -0.2) is 0 Å². The first-order chi connectivity index (χ1) is 12.7. The van der Waals surface area contributed by atoms with Crippen molar-refractivity contribution in [3.05, 3.63) is 11.3 Å². The number of hydrogen-bond acceptors (Lipinski definition) is 6. The summed E-state index contributed by atoms with van der Waals surface area (Å²) in [5.74, 6) is -0.533. The largest absolute Gasteiger partial charge is 0.428 e. The molecule has 0 saturated heterocycles. The molecular weight excluding hydrogens is 348 g/mol. The van der Waals surface area contributed by atoms with E-state index in [-0.39, 0.29) is 46.4 Å². The van der Waals surface area contributed by atoms with Crippen LogP contribution in [0, 0.1) is 28.6 Å². The van der Waals surface area contributed by atoms with E-state index in [1.54, 1.807) is 0 Å². The van der Waals surface area contributed by atoms with Gasteiger partial charge in [-0.1, -0.05) is 6.92 Å². The SMILES string of the molecule is CC(=O)OC1=C2C(=O)C[C@H]3[C@@H]4CC[C@H](O)[C@@]4(C)CC[C@@H]3[C@@]2(C=O)CC[C@@H]1O. The second-order valence-corrected chi connectivity index (χ2v) is 9.19. The fourth-order valence-corrected chi connectivity index (χ4v) is 6.77. The van der Waals surface area contributed by atoms with Gasteiger partial charge in [0.1, 0.15) is 18.1 Å². The Morgan fingerprint density at radius 1 is 1.15 bits per heavy atom. The van der Waals surface area contributed by atoms with Crippen molar-refractivity contribution in [3.63, 3.8) is 0 Å². The molecule has 0 aromatic rings. The highest BCUT2D eigenvalue weighted by Crippen LogP contribution is 2.64. The zero-order valence-corrected chi connectivity index (χ0v) is 15.9. The lowest BCUT2D eigenvalue weighted by atomic mass is 9.46. The Hall–Kier alpha value is -1.53. The maximum Gasteiger partial charge on any atom is 0.307 e. The molecule has 0 bridgehead atoms. The van der Waals surface area contributed by atoms with Crippen LogP contribution in [-0.4, -0.2) is 40.5 Å². The molecule has 0 aliphatic heterocycles. The molecule has 0 unspecified atom stereocenters. The summed E-state index contributed by atoms with van der Waals surface area (Å²) in [4.78, 5) is 37.2. The smallest absolute Gasteiger partial charge is 0.307 e. The van der Waals surface area contributed by atoms with E-state index in [2.05, 4.69) is 6.92 Å². The lowest BCUT2D eigenvalue weighted by molar-refractivity contribution is -0.146. The van der Waals surface area contributed by atoms with E-state index in [1.165, 1.54) is 6.92 Å². The van der Waals surface area contributed by atoms with Gasteiger partial charge in [-0.2, -0.15) is 0 Å². The van der Waals surface area contributed by atoms with Gasteiger partial charge in [0.2, 0.25) is 0 Å². The van der Waals surface area contributed by atoms with E-state index < -0.39 is 17.5 Å². The number of aldehydes is 1. The average molecular weight is 376 g/mol. The third kappa shape index (κ3) is 2.49. The van der Waals surface area contributed by atoms with Gasteiger partial charge in [0, 0.05) is 18.9 Å². The lowest BCUT2D eigenvalue weighted by Gasteiger charge is -2.56. The number of carbonyl (C=O) groups is 3. The zero-order valence-electron chi connectivity index (χ0n) is 15.9. The van der Waals surface area contributed by atoms with Crippen molar-refractivity contribution in [2.45, 2.75) is 71.0 Å². The van der Waals surface area contributed by atoms with Gasteiger partial charge in [0.05, 0.1) is 11.5 Å². The molecule has 6 heteroatoms. The third-order valence-corrected chi connectivity index (χ3v) is 8.06. The van der Waals surface area contributed by atoms with E-state index in [4.69, 9.17) is 4.74 Å². The number of allylic oxidation sites excluding steroid dienone is 1. The molecule has 6 nitrogen and oxygen atoms in total. The molecule has 3 saturated carbocycles. The molecule has 0 amide bonds. The lowest BCUT2D eigenvalue weighted by Crippen LogP contribution is -2.56. The van der Waals surface area contributed by atoms with Crippen molar-refractivity contribution in [1.29, 1.82) is 0 Å². The Morgan fingerprint density at radius 2 is 1.89 bits per heavy atom. The summed E-state index contributed by atoms with van der Waals surface area (Å²) < 4.78 is 5.24. The monoisotopic (exact) mass is 376 g/mol. The fourth-order valence-electron chi connectivity index (χ4n) is 6.77. The highest BCUT2D eigenvalue weighted by molar-refractivity contribution is 6.03. The number of rotatable bonds is 2. The standard InChI is InChI=1S/C21H28O6/c1-11(23)27-19-15(24)6-8-21(10-22)14-5-7-20(2)13(3-4-17(20)26)12(14)9-16(25)18(19)21/h10,12-15,17,24,26H,3-9H2,1-2H3/t12-,13-,14-,15-,17-,20-,21-/m0/s1. The highest BCUT2D eigenvalue weighted by atomic mass is 16.5. The molecule has 4 aliphatic carbocycles. The van der Waals surface area contributed by atoms with Gasteiger partial charge in [-0.15, -0.1) is 0 Å². The van der Waals surface area contributed by atoms with Gasteiger partial charge < -0.3 is 19.7 Å². The van der Waals surface area contributed by atoms with Crippen LogP contribution in [0.4, 0.5) is 0 Å². The van der Waals surface area contributed by atoms with Crippen LogP contribution in [0.1, 0.15) is 58.8 Å². The van der Waals surface area contributed by atoms with Crippen LogP contribution < -0.4 is 0 Å². The van der Waals surface area contributed by atoms with E-state index in [9.17, 15) is 24.6 Å². The van der Waals surface area contributed by atoms with Crippen molar-refractivity contribution >= 4 is 18.0 Å². The first-order valence-electron chi connectivity index (χ1n) is 10.0. The van der Waals surface area contributed by atoms with E-state index in [1.807, 2.05) is 0 Å². The number of ketones is 1. The summed E-state index contributed by atoms with van der Waals surface area (Å²) in [6, 6.07) is 0. The molecule has 0 aromatic heterocycles. The summed E-state index contributed by atoms with van der Waals surface area (Å²) in [6.45, 7) is 3.35. The average Bonchev–Trinajstić information content (AvgIpc) is 2.92. The molecule has 4 aliphatic rings. The van der Waals surface area contributed by atoms with Crippen molar-refractivity contribution < 1.29 is 29.3 Å². The fraction of sp³-hybridized carbons (Fsp3) is 0.762. The van der Waals surface area contributed by atoms with Crippen LogP contribution in [0.15, 0.2) is 11.3 Å². The number of hydrogen-bond donors (Lipinski definition) is 2. The molecule has 0 heterocycles. The number of Topliss-reactive ketones (excluding diaryl/α,β-unsaturated/α-hetero) is 1. The Balaban J connectivity index is 1.81. The van der Waals surface area contributed by atoms with Crippen molar-refractivity contribution in [3.8, 4) is 0 Å². The number of esters is 1. The first-order valence-corrected chi connectivity index (χ1v) is 10.0. The molecule has 148 valence electrons. The third-order valence-electron chi connectivity index (χ3n) is 8.06. The Labute approximate surface area is 159 Å². The molecule has 0 aromatic carbocycles. The minimum absolute atomic E-state index is 0.0101. The minimum Gasteiger partial charge on any atom is -0.428 e. The van der Waals surface area contributed by atoms with E-state index in [0.29, 0.717) is 19.3 Å². The zero-order chi connectivity index (χ0) is 19.6. The van der Waals surface area contributed by atoms with Crippen LogP contribution in [0.2, 0.25) is 0 Å². The second kappa shape index (κ2) is 6.24. The van der Waals surface area contributed by atoms with Crippen molar-refractivity contribution in [2.24, 2.45) is 28.6 Å². The molecular formula is C21H28O6. The van der Waals surface area contributed by atoms with Crippen LogP contribution in [0.5, 0.6) is 0 Å². The maximum absolute atomic E-state index is 13.2. The number of fused-ring (bicyclic) bond motifs is 5. The first kappa shape index (κ1) is 18.8. The van der Waals surface area contributed by atoms with Gasteiger partial charge in [0.25, 0.3) is 0 Å². The van der Waals surface area contributed by atoms with Gasteiger partial charge >= 0.3 is 5.97 Å². The topological polar surface area (TPSA) is 101 Å². The Morgan fingerprint density at radius 3 is 2.56 bits per heavy atom. The summed E-state index contributed by atoms with van der Waals surface area (Å²) in [5.41, 5.74) is -0.951. The van der Waals surface area contributed by atoms with Crippen LogP contribution in [-0.2, 0) is 19.1 Å². The second-order valence-electron chi connectivity index (χ2n) is 9.19. The summed E-state index contributed by atoms with van der Waals surface area (Å²) in [7, 11) is 0. The molecule has 27 heavy (non-hydrogen) atoms. The predicted molar refractivity (Wildman–Crippen MR) is 95.2 cm³/mol. The van der Waals surface area contributed by atoms with Crippen molar-refractivity contribution in [1.82, 2.24) is 0 Å².